The number of carbonyl (C=O) groups excluding carboxylic acids is 2. The molecule has 4 rings (SSSR count). The number of rotatable bonds is 8. The van der Waals surface area contributed by atoms with E-state index in [1.54, 1.807) is 36.3 Å². The van der Waals surface area contributed by atoms with E-state index < -0.39 is 5.97 Å². The van der Waals surface area contributed by atoms with Gasteiger partial charge in [-0.1, -0.05) is 24.3 Å². The summed E-state index contributed by atoms with van der Waals surface area (Å²) in [5.41, 5.74) is 1.56. The predicted molar refractivity (Wildman–Crippen MR) is 135 cm³/mol. The molecule has 7 nitrogen and oxygen atoms in total. The molecule has 2 heterocycles. The minimum Gasteiger partial charge on any atom is -0.481 e. The van der Waals surface area contributed by atoms with Gasteiger partial charge in [0.1, 0.15) is 11.5 Å². The first-order valence-electron chi connectivity index (χ1n) is 10.5. The van der Waals surface area contributed by atoms with Crippen LogP contribution in [0.2, 0.25) is 0 Å². The molecule has 0 atom stereocenters. The topological polar surface area (TPSA) is 81.3 Å². The Morgan fingerprint density at radius 1 is 1.18 bits per heavy atom. The highest BCUT2D eigenvalue weighted by atomic mass is 79.9. The summed E-state index contributed by atoms with van der Waals surface area (Å²) in [5.74, 6) is 0.582. The molecule has 3 aromatic rings. The van der Waals surface area contributed by atoms with Crippen LogP contribution in [-0.2, 0) is 20.9 Å². The van der Waals surface area contributed by atoms with Crippen molar-refractivity contribution in [1.82, 2.24) is 4.90 Å². The summed E-state index contributed by atoms with van der Waals surface area (Å²) < 4.78 is 16.5. The van der Waals surface area contributed by atoms with E-state index in [1.807, 2.05) is 48.5 Å². The van der Waals surface area contributed by atoms with Gasteiger partial charge in [-0.25, -0.2) is 9.79 Å². The maximum absolute atomic E-state index is 13.3. The highest BCUT2D eigenvalue weighted by Gasteiger charge is 2.34. The number of amides is 1. The third kappa shape index (κ3) is 5.98. The molecule has 9 heteroatoms. The number of esters is 1. The van der Waals surface area contributed by atoms with E-state index in [-0.39, 0.29) is 19.1 Å². The number of hydrogen-bond donors (Lipinski definition) is 0. The van der Waals surface area contributed by atoms with Gasteiger partial charge in [0.15, 0.2) is 11.8 Å². The van der Waals surface area contributed by atoms with Crippen LogP contribution in [0.1, 0.15) is 18.2 Å². The summed E-state index contributed by atoms with van der Waals surface area (Å²) in [6.45, 7) is 2.15. The average molecular weight is 541 g/mol. The van der Waals surface area contributed by atoms with Crippen LogP contribution >= 0.6 is 27.7 Å². The molecular formula is C25H21BrN2O5S. The molecule has 0 unspecified atom stereocenters. The standard InChI is InChI=1S/C25H21BrN2O5S/c1-2-31-23(29)16-33-21-11-10-17(13-20(21)26)14-22-24(30)28(15-19-9-6-12-32-19)25(34-22)27-18-7-4-3-5-8-18/h3-14H,2,15-16H2,1H3. The van der Waals surface area contributed by atoms with Gasteiger partial charge in [0.2, 0.25) is 0 Å². The molecule has 2 aromatic carbocycles. The van der Waals surface area contributed by atoms with Crippen molar-refractivity contribution < 1.29 is 23.5 Å². The Kier molecular flexibility index (Phi) is 7.87. The molecule has 0 saturated carbocycles. The van der Waals surface area contributed by atoms with Gasteiger partial charge in [-0.15, -0.1) is 0 Å². The summed E-state index contributed by atoms with van der Waals surface area (Å²) in [5, 5.41) is 0.576. The first-order chi connectivity index (χ1) is 16.5. The van der Waals surface area contributed by atoms with Crippen LogP contribution in [0.25, 0.3) is 6.08 Å². The molecule has 0 radical (unpaired) electrons. The lowest BCUT2D eigenvalue weighted by Crippen LogP contribution is -2.28. The van der Waals surface area contributed by atoms with Crippen LogP contribution in [0, 0.1) is 0 Å². The number of hydrogen-bond acceptors (Lipinski definition) is 7. The Balaban J connectivity index is 1.56. The van der Waals surface area contributed by atoms with Gasteiger partial charge >= 0.3 is 5.97 Å². The van der Waals surface area contributed by atoms with Crippen molar-refractivity contribution in [2.75, 3.05) is 13.2 Å². The first kappa shape index (κ1) is 23.8. The fraction of sp³-hybridized carbons (Fsp3) is 0.160. The lowest BCUT2D eigenvalue weighted by atomic mass is 10.2. The highest BCUT2D eigenvalue weighted by molar-refractivity contribution is 9.10. The number of para-hydroxylation sites is 1. The van der Waals surface area contributed by atoms with E-state index in [9.17, 15) is 9.59 Å². The van der Waals surface area contributed by atoms with Crippen molar-refractivity contribution in [2.24, 2.45) is 4.99 Å². The molecule has 34 heavy (non-hydrogen) atoms. The zero-order chi connectivity index (χ0) is 23.9. The van der Waals surface area contributed by atoms with Crippen LogP contribution < -0.4 is 4.74 Å². The summed E-state index contributed by atoms with van der Waals surface area (Å²) in [4.78, 5) is 31.6. The van der Waals surface area contributed by atoms with E-state index in [4.69, 9.17) is 13.9 Å². The van der Waals surface area contributed by atoms with Gasteiger partial charge in [0.25, 0.3) is 5.91 Å². The van der Waals surface area contributed by atoms with Crippen LogP contribution in [0.3, 0.4) is 0 Å². The number of aliphatic imine (C=N–C) groups is 1. The third-order valence-electron chi connectivity index (χ3n) is 4.67. The summed E-state index contributed by atoms with van der Waals surface area (Å²) >= 11 is 4.77. The van der Waals surface area contributed by atoms with Gasteiger partial charge in [-0.05, 0) is 82.7 Å². The van der Waals surface area contributed by atoms with Crippen molar-refractivity contribution in [2.45, 2.75) is 13.5 Å². The number of amidine groups is 1. The number of furan rings is 1. The van der Waals surface area contributed by atoms with Gasteiger partial charge in [-0.2, -0.15) is 0 Å². The van der Waals surface area contributed by atoms with Gasteiger partial charge in [0, 0.05) is 0 Å². The molecule has 0 bridgehead atoms. The predicted octanol–water partition coefficient (Wildman–Crippen LogP) is 5.79. The average Bonchev–Trinajstić information content (AvgIpc) is 3.44. The van der Waals surface area contributed by atoms with Gasteiger partial charge in [-0.3, -0.25) is 9.69 Å². The number of benzene rings is 2. The van der Waals surface area contributed by atoms with Crippen molar-refractivity contribution in [3.63, 3.8) is 0 Å². The molecule has 1 saturated heterocycles. The second-order valence-corrected chi connectivity index (χ2v) is 8.96. The smallest absolute Gasteiger partial charge is 0.344 e. The van der Waals surface area contributed by atoms with E-state index in [0.29, 0.717) is 32.7 Å². The molecule has 1 aliphatic rings. The fourth-order valence-electron chi connectivity index (χ4n) is 3.12. The Morgan fingerprint density at radius 2 is 2.00 bits per heavy atom. The molecule has 1 fully saturated rings. The number of ether oxygens (including phenoxy) is 2. The number of halogens is 1. The molecule has 1 aliphatic heterocycles. The van der Waals surface area contributed by atoms with Crippen LogP contribution in [0.4, 0.5) is 5.69 Å². The summed E-state index contributed by atoms with van der Waals surface area (Å²) in [6.07, 6.45) is 3.38. The largest absolute Gasteiger partial charge is 0.481 e. The van der Waals surface area contributed by atoms with Crippen LogP contribution in [-0.4, -0.2) is 35.2 Å². The van der Waals surface area contributed by atoms with Crippen LogP contribution in [0.5, 0.6) is 5.75 Å². The van der Waals surface area contributed by atoms with Crippen molar-refractivity contribution >= 4 is 56.5 Å². The Labute approximate surface area is 209 Å². The first-order valence-corrected chi connectivity index (χ1v) is 12.1. The Bertz CT molecular complexity index is 1230. The molecule has 1 aromatic heterocycles. The number of carbonyl (C=O) groups is 2. The minimum atomic E-state index is -0.435. The maximum Gasteiger partial charge on any atom is 0.344 e. The SMILES string of the molecule is CCOC(=O)COc1ccc(C=C2SC(=Nc3ccccc3)N(Cc3ccco3)C2=O)cc1Br. The minimum absolute atomic E-state index is 0.158. The number of nitrogens with zero attached hydrogens (tertiary/aromatic N) is 2. The van der Waals surface area contributed by atoms with E-state index >= 15 is 0 Å². The highest BCUT2D eigenvalue weighted by Crippen LogP contribution is 2.36. The van der Waals surface area contributed by atoms with Crippen molar-refractivity contribution in [1.29, 1.82) is 0 Å². The lowest BCUT2D eigenvalue weighted by molar-refractivity contribution is -0.145. The Hall–Kier alpha value is -3.30. The zero-order valence-electron chi connectivity index (χ0n) is 18.3. The summed E-state index contributed by atoms with van der Waals surface area (Å²) in [6, 6.07) is 18.5. The molecule has 0 N–H and O–H groups in total. The molecule has 0 aliphatic carbocycles. The number of thioether (sulfide) groups is 1. The van der Waals surface area contributed by atoms with E-state index in [2.05, 4.69) is 20.9 Å². The van der Waals surface area contributed by atoms with Crippen molar-refractivity contribution in [3.8, 4) is 5.75 Å². The van der Waals surface area contributed by atoms with E-state index in [1.165, 1.54) is 11.8 Å². The molecule has 1 amide bonds. The molecule has 174 valence electrons. The second kappa shape index (κ2) is 11.2. The lowest BCUT2D eigenvalue weighted by Gasteiger charge is -2.13. The van der Waals surface area contributed by atoms with E-state index in [0.717, 1.165) is 11.3 Å². The molecule has 0 spiro atoms. The van der Waals surface area contributed by atoms with Gasteiger partial charge in [0.05, 0.1) is 34.5 Å². The third-order valence-corrected chi connectivity index (χ3v) is 6.29. The zero-order valence-corrected chi connectivity index (χ0v) is 20.7. The quantitative estimate of drug-likeness (QED) is 0.265. The maximum atomic E-state index is 13.3. The normalized spacial score (nSPS) is 15.8. The fourth-order valence-corrected chi connectivity index (χ4v) is 4.63. The summed E-state index contributed by atoms with van der Waals surface area (Å²) in [7, 11) is 0. The van der Waals surface area contributed by atoms with Crippen molar-refractivity contribution in [3.05, 3.63) is 87.6 Å². The molecular weight excluding hydrogens is 520 g/mol. The second-order valence-electron chi connectivity index (χ2n) is 7.09. The van der Waals surface area contributed by atoms with Crippen LogP contribution in [0.15, 0.2) is 85.7 Å². The monoisotopic (exact) mass is 540 g/mol. The van der Waals surface area contributed by atoms with Gasteiger partial charge < -0.3 is 13.9 Å². The Morgan fingerprint density at radius 3 is 2.71 bits per heavy atom.